The summed E-state index contributed by atoms with van der Waals surface area (Å²) < 4.78 is 5.67. The number of amides is 4. The summed E-state index contributed by atoms with van der Waals surface area (Å²) in [4.78, 5) is 61.5. The molecule has 4 aromatic rings. The van der Waals surface area contributed by atoms with E-state index in [9.17, 15) is 19.2 Å². The van der Waals surface area contributed by atoms with Gasteiger partial charge in [-0.2, -0.15) is 0 Å². The topological polar surface area (TPSA) is 127 Å². The van der Waals surface area contributed by atoms with Crippen LogP contribution in [0.3, 0.4) is 0 Å². The first-order valence-corrected chi connectivity index (χ1v) is 27.0. The van der Waals surface area contributed by atoms with E-state index in [1.54, 1.807) is 7.11 Å². The predicted molar refractivity (Wildman–Crippen MR) is 278 cm³/mol. The second-order valence-electron chi connectivity index (χ2n) is 19.5. The molecule has 4 amide bonds. The lowest BCUT2D eigenvalue weighted by molar-refractivity contribution is -0.133. The molecule has 3 heterocycles. The Bertz CT molecular complexity index is 2170. The van der Waals surface area contributed by atoms with Gasteiger partial charge in [0.25, 0.3) is 0 Å². The summed E-state index contributed by atoms with van der Waals surface area (Å²) in [6.45, 7) is 6.76. The number of carbonyl (C=O) groups is 4. The van der Waals surface area contributed by atoms with Crippen molar-refractivity contribution in [1.82, 2.24) is 35.6 Å². The summed E-state index contributed by atoms with van der Waals surface area (Å²) in [7, 11) is 10.4. The largest absolute Gasteiger partial charge is 0.496 e. The first-order chi connectivity index (χ1) is 32.9. The number of hydrogen-bond acceptors (Lipinski definition) is 10. The average molecular weight is 970 g/mol. The minimum atomic E-state index is -0.0192. The van der Waals surface area contributed by atoms with Gasteiger partial charge in [0.2, 0.25) is 23.6 Å². The first-order valence-electron chi connectivity index (χ1n) is 25.2. The molecule has 372 valence electrons. The summed E-state index contributed by atoms with van der Waals surface area (Å²) in [5.41, 5.74) is 1.37. The van der Waals surface area contributed by atoms with Crippen molar-refractivity contribution in [2.24, 2.45) is 0 Å². The summed E-state index contributed by atoms with van der Waals surface area (Å²) in [5, 5.41) is 16.0. The number of thiophene rings is 2. The van der Waals surface area contributed by atoms with E-state index in [2.05, 4.69) is 131 Å². The molecule has 3 N–H and O–H groups in total. The number of methoxy groups -OCH3 is 1. The van der Waals surface area contributed by atoms with Crippen molar-refractivity contribution in [3.8, 4) is 5.75 Å². The Morgan fingerprint density at radius 3 is 1.75 bits per heavy atom. The number of carbonyl (C=O) groups excluding carboxylic acids is 4. The molecule has 1 saturated heterocycles. The summed E-state index contributed by atoms with van der Waals surface area (Å²) in [6, 6.07) is 21.7. The highest BCUT2D eigenvalue weighted by atomic mass is 32.1. The molecule has 12 nitrogen and oxygen atoms in total. The smallest absolute Gasteiger partial charge is 0.222 e. The molecule has 7 rings (SSSR count). The van der Waals surface area contributed by atoms with E-state index in [0.29, 0.717) is 25.8 Å². The average Bonchev–Trinajstić information content (AvgIpc) is 4.11. The third-order valence-corrected chi connectivity index (χ3v) is 17.0. The van der Waals surface area contributed by atoms with E-state index >= 15 is 0 Å². The third kappa shape index (κ3) is 14.1. The third-order valence-electron chi connectivity index (χ3n) is 14.8. The van der Waals surface area contributed by atoms with Crippen molar-refractivity contribution >= 4 is 57.1 Å². The number of benzene rings is 2. The van der Waals surface area contributed by atoms with Gasteiger partial charge in [0.1, 0.15) is 5.75 Å². The Labute approximate surface area is 414 Å². The first kappa shape index (κ1) is 53.0. The van der Waals surface area contributed by atoms with E-state index in [1.807, 2.05) is 33.6 Å². The SMILES string of the molecule is CCCCCNC(=O)CCC(=O)NC1CCC(c2cccs2)(N(C)C)CC1.COc1ccc2ccccc2c1CN1CCN(C(=O)CCCC(=O)NC2CCC(c3cccs3)(N(C)C)CC2)CC1. The van der Waals surface area contributed by atoms with Crippen LogP contribution in [0.15, 0.2) is 71.4 Å². The molecule has 14 heteroatoms. The Balaban J connectivity index is 0.000000245. The summed E-state index contributed by atoms with van der Waals surface area (Å²) in [5.74, 6) is 1.12. The second-order valence-corrected chi connectivity index (χ2v) is 21.4. The molecule has 68 heavy (non-hydrogen) atoms. The quantitative estimate of drug-likeness (QED) is 0.0751. The number of unbranched alkanes of at least 4 members (excludes halogenated alkanes) is 2. The number of nitrogens with one attached hydrogen (secondary N) is 3. The molecule has 3 fully saturated rings. The van der Waals surface area contributed by atoms with Crippen molar-refractivity contribution in [2.45, 2.75) is 139 Å². The molecule has 2 aromatic carbocycles. The lowest BCUT2D eigenvalue weighted by atomic mass is 9.77. The molecular weight excluding hydrogens is 891 g/mol. The van der Waals surface area contributed by atoms with E-state index in [4.69, 9.17) is 4.74 Å². The molecule has 1 aliphatic heterocycles. The molecule has 0 bridgehead atoms. The Morgan fingerprint density at radius 2 is 1.22 bits per heavy atom. The minimum absolute atomic E-state index is 0.00261. The molecule has 2 aliphatic carbocycles. The highest BCUT2D eigenvalue weighted by Crippen LogP contribution is 2.44. The van der Waals surface area contributed by atoms with Gasteiger partial charge < -0.3 is 25.6 Å². The number of fused-ring (bicyclic) bond motifs is 1. The van der Waals surface area contributed by atoms with Crippen molar-refractivity contribution < 1.29 is 23.9 Å². The predicted octanol–water partition coefficient (Wildman–Crippen LogP) is 8.89. The van der Waals surface area contributed by atoms with Crippen LogP contribution in [0.25, 0.3) is 10.8 Å². The molecule has 2 saturated carbocycles. The zero-order chi connectivity index (χ0) is 48.5. The van der Waals surface area contributed by atoms with Gasteiger partial charge in [-0.1, -0.05) is 62.2 Å². The number of piperazine rings is 1. The van der Waals surface area contributed by atoms with Crippen LogP contribution in [0.1, 0.15) is 125 Å². The van der Waals surface area contributed by atoms with Crippen LogP contribution < -0.4 is 20.7 Å². The monoisotopic (exact) mass is 970 g/mol. The Hall–Kier alpha value is -4.34. The fourth-order valence-corrected chi connectivity index (χ4v) is 12.7. The van der Waals surface area contributed by atoms with E-state index < -0.39 is 0 Å². The van der Waals surface area contributed by atoms with Crippen LogP contribution in [0, 0.1) is 0 Å². The zero-order valence-corrected chi connectivity index (χ0v) is 43.4. The Morgan fingerprint density at radius 1 is 0.662 bits per heavy atom. The van der Waals surface area contributed by atoms with Gasteiger partial charge in [0.15, 0.2) is 0 Å². The van der Waals surface area contributed by atoms with Crippen LogP contribution in [0.5, 0.6) is 5.75 Å². The van der Waals surface area contributed by atoms with Crippen LogP contribution in [0.2, 0.25) is 0 Å². The van der Waals surface area contributed by atoms with Gasteiger partial charge in [-0.05, 0) is 132 Å². The van der Waals surface area contributed by atoms with Crippen LogP contribution in [-0.4, -0.2) is 123 Å². The van der Waals surface area contributed by atoms with Crippen molar-refractivity contribution in [3.05, 3.63) is 86.7 Å². The molecule has 0 atom stereocenters. The van der Waals surface area contributed by atoms with Crippen molar-refractivity contribution in [3.63, 3.8) is 0 Å². The van der Waals surface area contributed by atoms with Crippen LogP contribution in [-0.2, 0) is 36.8 Å². The van der Waals surface area contributed by atoms with E-state index in [1.165, 1.54) is 26.1 Å². The number of hydrogen-bond donors (Lipinski definition) is 3. The van der Waals surface area contributed by atoms with Crippen LogP contribution in [0.4, 0.5) is 0 Å². The summed E-state index contributed by atoms with van der Waals surface area (Å²) >= 11 is 3.65. The van der Waals surface area contributed by atoms with Gasteiger partial charge in [0, 0.05) is 92.4 Å². The fraction of sp³-hybridized carbons (Fsp3) is 0.593. The maximum atomic E-state index is 12.9. The van der Waals surface area contributed by atoms with Gasteiger partial charge in [-0.3, -0.25) is 33.9 Å². The zero-order valence-electron chi connectivity index (χ0n) is 41.8. The molecule has 2 aromatic heterocycles. The maximum absolute atomic E-state index is 12.9. The fourth-order valence-electron chi connectivity index (χ4n) is 10.5. The van der Waals surface area contributed by atoms with Gasteiger partial charge in [-0.25, -0.2) is 0 Å². The maximum Gasteiger partial charge on any atom is 0.222 e. The van der Waals surface area contributed by atoms with Crippen LogP contribution >= 0.6 is 22.7 Å². The Kier molecular flexibility index (Phi) is 20.3. The lowest BCUT2D eigenvalue weighted by Crippen LogP contribution is -2.48. The van der Waals surface area contributed by atoms with Gasteiger partial charge in [-0.15, -0.1) is 22.7 Å². The molecular formula is C54H79N7O5S2. The standard InChI is InChI=1S/C33H44N4O3S.C21H35N3O2S/c1-35(2)33(30-10-7-23-41-30)17-15-26(16-18-33)34-31(38)11-6-12-32(39)37-21-19-36(20-22-37)24-28-27-9-5-4-8-25(27)13-14-29(28)40-3;1-4-5-6-15-22-19(25)9-10-20(26)23-17-11-13-21(14-12-17,24(2)3)18-8-7-16-27-18/h4-5,7-10,13-14,23,26H,6,11-12,15-22,24H2,1-3H3,(H,34,38);7-8,16-17H,4-6,9-15H2,1-3H3,(H,22,25)(H,23,26). The second kappa shape index (κ2) is 26.0. The molecule has 3 aliphatic rings. The molecule has 0 spiro atoms. The van der Waals surface area contributed by atoms with Gasteiger partial charge in [0.05, 0.1) is 18.2 Å². The van der Waals surface area contributed by atoms with Crippen molar-refractivity contribution in [1.29, 1.82) is 0 Å². The van der Waals surface area contributed by atoms with E-state index in [0.717, 1.165) is 109 Å². The number of ether oxygens (including phenoxy) is 1. The lowest BCUT2D eigenvalue weighted by Gasteiger charge is -2.44. The van der Waals surface area contributed by atoms with Crippen molar-refractivity contribution in [2.75, 3.05) is 68.0 Å². The normalized spacial score (nSPS) is 22.1. The molecule has 0 unspecified atom stereocenters. The number of rotatable bonds is 20. The summed E-state index contributed by atoms with van der Waals surface area (Å²) in [6.07, 6.45) is 13.4. The van der Waals surface area contributed by atoms with E-state index in [-0.39, 0.29) is 59.6 Å². The molecule has 0 radical (unpaired) electrons. The van der Waals surface area contributed by atoms with Gasteiger partial charge >= 0.3 is 0 Å². The minimum Gasteiger partial charge on any atom is -0.496 e. The highest BCUT2D eigenvalue weighted by Gasteiger charge is 2.41. The highest BCUT2D eigenvalue weighted by molar-refractivity contribution is 7.10. The number of nitrogens with zero attached hydrogens (tertiary/aromatic N) is 4.